The van der Waals surface area contributed by atoms with Crippen LogP contribution in [0.15, 0.2) is 54.5 Å². The van der Waals surface area contributed by atoms with Gasteiger partial charge in [-0.2, -0.15) is 5.10 Å². The van der Waals surface area contributed by atoms with E-state index in [2.05, 4.69) is 10.4 Å². The van der Waals surface area contributed by atoms with Crippen LogP contribution in [0.25, 0.3) is 6.08 Å². The number of amides is 1. The summed E-state index contributed by atoms with van der Waals surface area (Å²) in [7, 11) is 1.61. The van der Waals surface area contributed by atoms with Gasteiger partial charge in [0.25, 0.3) is 5.91 Å². The molecule has 2 aromatic carbocycles. The van der Waals surface area contributed by atoms with E-state index in [0.717, 1.165) is 34.5 Å². The Hall–Kier alpha value is -3.36. The largest absolute Gasteiger partial charge is 0.496 e. The van der Waals surface area contributed by atoms with Crippen molar-refractivity contribution >= 4 is 40.9 Å². The predicted molar refractivity (Wildman–Crippen MR) is 136 cm³/mol. The third-order valence-electron chi connectivity index (χ3n) is 5.45. The number of thiocarbonyl (C=S) groups is 1. The topological polar surface area (TPSA) is 68.6 Å². The summed E-state index contributed by atoms with van der Waals surface area (Å²) in [4.78, 5) is 14.5. The maximum atomic E-state index is 13.0. The maximum Gasteiger partial charge on any atom is 0.276 e. The fourth-order valence-corrected chi connectivity index (χ4v) is 4.14. The molecule has 1 saturated heterocycles. The summed E-state index contributed by atoms with van der Waals surface area (Å²) in [6, 6.07) is 11.2. The molecule has 0 aliphatic carbocycles. The number of hydrogen-bond donors (Lipinski definition) is 1. The van der Waals surface area contributed by atoms with Gasteiger partial charge in [-0.15, -0.1) is 0 Å². The van der Waals surface area contributed by atoms with Crippen molar-refractivity contribution in [3.63, 3.8) is 0 Å². The van der Waals surface area contributed by atoms with E-state index in [0.29, 0.717) is 34.7 Å². The van der Waals surface area contributed by atoms with Crippen molar-refractivity contribution in [2.24, 2.45) is 0 Å². The Morgan fingerprint density at radius 3 is 2.71 bits per heavy atom. The zero-order valence-electron chi connectivity index (χ0n) is 19.2. The lowest BCUT2D eigenvalue weighted by Gasteiger charge is -2.13. The van der Waals surface area contributed by atoms with Crippen molar-refractivity contribution in [1.29, 1.82) is 0 Å². The molecule has 1 N–H and O–H groups in total. The molecule has 0 atom stereocenters. The lowest BCUT2D eigenvalue weighted by atomic mass is 10.1. The fraction of sp³-hybridized carbons (Fsp3) is 0.240. The van der Waals surface area contributed by atoms with E-state index in [1.54, 1.807) is 25.4 Å². The van der Waals surface area contributed by atoms with Gasteiger partial charge in [0.1, 0.15) is 23.8 Å². The van der Waals surface area contributed by atoms with Gasteiger partial charge in [-0.3, -0.25) is 14.4 Å². The van der Waals surface area contributed by atoms with E-state index in [-0.39, 0.29) is 5.91 Å². The quantitative estimate of drug-likeness (QED) is 0.360. The van der Waals surface area contributed by atoms with Crippen LogP contribution in [0.4, 0.5) is 0 Å². The third kappa shape index (κ3) is 5.24. The molecule has 3 aromatic rings. The summed E-state index contributed by atoms with van der Waals surface area (Å²) in [5.41, 5.74) is 3.96. The molecule has 34 heavy (non-hydrogen) atoms. The Morgan fingerprint density at radius 1 is 1.21 bits per heavy atom. The molecule has 1 aromatic heterocycles. The van der Waals surface area contributed by atoms with E-state index >= 15 is 0 Å². The summed E-state index contributed by atoms with van der Waals surface area (Å²) in [6.45, 7) is 5.39. The molecule has 0 bridgehead atoms. The number of carbonyl (C=O) groups is 1. The van der Waals surface area contributed by atoms with Crippen molar-refractivity contribution in [3.8, 4) is 11.5 Å². The third-order valence-corrected chi connectivity index (χ3v) is 6.01. The fourth-order valence-electron chi connectivity index (χ4n) is 3.66. The van der Waals surface area contributed by atoms with Gasteiger partial charge in [0.2, 0.25) is 0 Å². The number of aromatic nitrogens is 2. The summed E-state index contributed by atoms with van der Waals surface area (Å²) in [5.74, 6) is 1.26. The Kier molecular flexibility index (Phi) is 7.19. The second kappa shape index (κ2) is 10.3. The van der Waals surface area contributed by atoms with Crippen molar-refractivity contribution < 1.29 is 14.3 Å². The van der Waals surface area contributed by atoms with Crippen LogP contribution in [0, 0.1) is 6.92 Å². The molecule has 9 heteroatoms. The Bertz CT molecular complexity index is 1270. The summed E-state index contributed by atoms with van der Waals surface area (Å²) in [6.07, 6.45) is 5.44. The lowest BCUT2D eigenvalue weighted by molar-refractivity contribution is -0.122. The highest BCUT2D eigenvalue weighted by atomic mass is 35.5. The molecule has 4 rings (SSSR count). The van der Waals surface area contributed by atoms with Crippen LogP contribution < -0.4 is 14.8 Å². The second-order valence-electron chi connectivity index (χ2n) is 7.85. The monoisotopic (exact) mass is 496 g/mol. The number of halogens is 1. The number of nitrogens with one attached hydrogen (secondary N) is 1. The molecular formula is C25H25ClN4O3S. The summed E-state index contributed by atoms with van der Waals surface area (Å²) in [5, 5.41) is 8.32. The maximum absolute atomic E-state index is 13.0. The number of methoxy groups -OCH3 is 1. The Labute approximate surface area is 208 Å². The summed E-state index contributed by atoms with van der Waals surface area (Å²) >= 11 is 11.4. The first-order valence-corrected chi connectivity index (χ1v) is 11.6. The van der Waals surface area contributed by atoms with Crippen molar-refractivity contribution in [3.05, 3.63) is 81.8 Å². The molecular weight excluding hydrogens is 472 g/mol. The minimum Gasteiger partial charge on any atom is -0.496 e. The minimum atomic E-state index is -0.181. The van der Waals surface area contributed by atoms with Gasteiger partial charge in [-0.1, -0.05) is 17.7 Å². The van der Waals surface area contributed by atoms with Gasteiger partial charge in [0.05, 0.1) is 19.9 Å². The van der Waals surface area contributed by atoms with Gasteiger partial charge in [0, 0.05) is 28.9 Å². The van der Waals surface area contributed by atoms with E-state index in [4.69, 9.17) is 33.3 Å². The smallest absolute Gasteiger partial charge is 0.276 e. The average Bonchev–Trinajstić information content (AvgIpc) is 3.38. The number of aryl methyl sites for hydroxylation is 2. The first-order valence-electron chi connectivity index (χ1n) is 10.8. The molecule has 0 spiro atoms. The van der Waals surface area contributed by atoms with Gasteiger partial charge in [-0.05, 0) is 73.6 Å². The van der Waals surface area contributed by atoms with E-state index in [1.807, 2.05) is 55.1 Å². The second-order valence-corrected chi connectivity index (χ2v) is 8.68. The molecule has 1 aliphatic heterocycles. The zero-order valence-corrected chi connectivity index (χ0v) is 20.7. The molecule has 2 heterocycles. The predicted octanol–water partition coefficient (Wildman–Crippen LogP) is 4.71. The molecule has 1 fully saturated rings. The van der Waals surface area contributed by atoms with Crippen LogP contribution in [-0.2, 0) is 24.5 Å². The van der Waals surface area contributed by atoms with Crippen LogP contribution in [0.5, 0.6) is 11.5 Å². The first-order chi connectivity index (χ1) is 16.4. The number of ether oxygens (including phenoxy) is 2. The molecule has 176 valence electrons. The van der Waals surface area contributed by atoms with Crippen molar-refractivity contribution in [1.82, 2.24) is 20.0 Å². The number of carbonyl (C=O) groups excluding carboxylic acids is 1. The van der Waals surface area contributed by atoms with E-state index in [1.165, 1.54) is 4.90 Å². The molecule has 7 nitrogen and oxygen atoms in total. The summed E-state index contributed by atoms with van der Waals surface area (Å²) < 4.78 is 13.3. The van der Waals surface area contributed by atoms with Gasteiger partial charge in [-0.25, -0.2) is 0 Å². The van der Waals surface area contributed by atoms with Crippen LogP contribution in [-0.4, -0.2) is 32.8 Å². The molecule has 1 amide bonds. The highest BCUT2D eigenvalue weighted by Gasteiger charge is 2.31. The van der Waals surface area contributed by atoms with Crippen molar-refractivity contribution in [2.75, 3.05) is 7.11 Å². The number of hydrogen-bond acceptors (Lipinski definition) is 5. The van der Waals surface area contributed by atoms with Crippen molar-refractivity contribution in [2.45, 2.75) is 33.5 Å². The molecule has 0 saturated carbocycles. The van der Waals surface area contributed by atoms with Crippen LogP contribution >= 0.6 is 23.8 Å². The minimum absolute atomic E-state index is 0.181. The number of nitrogens with zero attached hydrogens (tertiary/aromatic N) is 3. The SMILES string of the molecule is CCn1cc(CN2C(=O)/C(=C\c3ccc(OC)c(COc4ccc(Cl)cc4C)c3)NC2=S)cn1. The molecule has 0 radical (unpaired) electrons. The highest BCUT2D eigenvalue weighted by Crippen LogP contribution is 2.27. The average molecular weight is 497 g/mol. The normalized spacial score (nSPS) is 14.6. The Morgan fingerprint density at radius 2 is 2.00 bits per heavy atom. The van der Waals surface area contributed by atoms with Gasteiger partial charge < -0.3 is 14.8 Å². The van der Waals surface area contributed by atoms with E-state index < -0.39 is 0 Å². The number of rotatable bonds is 8. The van der Waals surface area contributed by atoms with Crippen LogP contribution in [0.3, 0.4) is 0 Å². The highest BCUT2D eigenvalue weighted by molar-refractivity contribution is 7.80. The van der Waals surface area contributed by atoms with E-state index in [9.17, 15) is 4.79 Å². The van der Waals surface area contributed by atoms with Gasteiger partial charge in [0.15, 0.2) is 5.11 Å². The number of benzene rings is 2. The molecule has 1 aliphatic rings. The lowest BCUT2D eigenvalue weighted by Crippen LogP contribution is -2.29. The van der Waals surface area contributed by atoms with Crippen LogP contribution in [0.1, 0.15) is 29.2 Å². The van der Waals surface area contributed by atoms with Gasteiger partial charge >= 0.3 is 0 Å². The standard InChI is InChI=1S/C25H25ClN4O3S/c1-4-29-13-18(12-27-29)14-30-24(31)21(28-25(30)34)11-17-5-7-23(32-3)19(10-17)15-33-22-8-6-20(26)9-16(22)2/h5-13H,4,14-15H2,1-3H3,(H,28,34)/b21-11+. The zero-order chi connectivity index (χ0) is 24.2. The Balaban J connectivity index is 1.51. The first kappa shape index (κ1) is 23.8. The molecule has 0 unspecified atom stereocenters. The van der Waals surface area contributed by atoms with Crippen LogP contribution in [0.2, 0.25) is 5.02 Å².